The maximum Gasteiger partial charge on any atom is 0.244 e. The second-order valence-corrected chi connectivity index (χ2v) is 12.0. The first kappa shape index (κ1) is 30.2. The lowest BCUT2D eigenvalue weighted by Crippen LogP contribution is -2.53. The fourth-order valence-electron chi connectivity index (χ4n) is 4.29. The molecule has 0 aliphatic rings. The number of hydrogen-bond acceptors (Lipinski definition) is 4. The minimum absolute atomic E-state index is 0.150. The van der Waals surface area contributed by atoms with Crippen molar-refractivity contribution in [3.63, 3.8) is 0 Å². The van der Waals surface area contributed by atoms with Crippen molar-refractivity contribution in [3.05, 3.63) is 101 Å². The van der Waals surface area contributed by atoms with Crippen molar-refractivity contribution in [1.29, 1.82) is 0 Å². The molecule has 1 N–H and O–H groups in total. The van der Waals surface area contributed by atoms with Gasteiger partial charge in [-0.2, -0.15) is 0 Å². The monoisotopic (exact) mass is 569 g/mol. The third kappa shape index (κ3) is 9.11. The van der Waals surface area contributed by atoms with Crippen molar-refractivity contribution in [2.75, 3.05) is 23.7 Å². The molecule has 0 bridgehead atoms. The number of nitrogens with one attached hydrogen (secondary N) is 1. The number of carbonyl (C=O) groups excluding carboxylic acids is 2. The molecular weight excluding hydrogens is 534 g/mol. The molecule has 0 spiro atoms. The highest BCUT2D eigenvalue weighted by Crippen LogP contribution is 2.22. The maximum atomic E-state index is 14.0. The summed E-state index contributed by atoms with van der Waals surface area (Å²) in [6.07, 6.45) is 3.07. The molecule has 9 heteroatoms. The second kappa shape index (κ2) is 14.1. The van der Waals surface area contributed by atoms with Crippen LogP contribution in [0.15, 0.2) is 78.9 Å². The van der Waals surface area contributed by atoms with E-state index in [0.29, 0.717) is 17.3 Å². The topological polar surface area (TPSA) is 86.8 Å². The largest absolute Gasteiger partial charge is 0.354 e. The van der Waals surface area contributed by atoms with Crippen LogP contribution in [-0.2, 0) is 32.6 Å². The Kier molecular flexibility index (Phi) is 10.9. The summed E-state index contributed by atoms with van der Waals surface area (Å²) in [5.74, 6) is -0.755. The van der Waals surface area contributed by atoms with Gasteiger partial charge >= 0.3 is 0 Å². The standard InChI is InChI=1S/C30H36ClN3O4S/c1-4-5-18-32-30(36)28(20-24-11-7-6-8-12-24)33(21-25-13-9-10-23(2)19-25)29(35)22-34(39(3,37)38)27-16-14-26(31)15-17-27/h6-17,19,28H,4-5,18,20-22H2,1-3H3,(H,32,36). The van der Waals surface area contributed by atoms with Gasteiger partial charge in [0, 0.05) is 24.5 Å². The third-order valence-electron chi connectivity index (χ3n) is 6.33. The molecule has 3 aromatic rings. The molecule has 0 aliphatic heterocycles. The fraction of sp³-hybridized carbons (Fsp3) is 0.333. The molecule has 39 heavy (non-hydrogen) atoms. The predicted molar refractivity (Wildman–Crippen MR) is 157 cm³/mol. The minimum atomic E-state index is -3.82. The summed E-state index contributed by atoms with van der Waals surface area (Å²) < 4.78 is 26.6. The van der Waals surface area contributed by atoms with E-state index in [1.54, 1.807) is 24.3 Å². The van der Waals surface area contributed by atoms with Gasteiger partial charge in [0.25, 0.3) is 0 Å². The van der Waals surface area contributed by atoms with Crippen molar-refractivity contribution >= 4 is 39.1 Å². The number of aryl methyl sites for hydroxylation is 1. The zero-order valence-corrected chi connectivity index (χ0v) is 24.2. The van der Waals surface area contributed by atoms with Crippen LogP contribution in [0.25, 0.3) is 0 Å². The normalized spacial score (nSPS) is 12.0. The molecule has 3 rings (SSSR count). The van der Waals surface area contributed by atoms with Gasteiger partial charge in [-0.3, -0.25) is 13.9 Å². The Labute approximate surface area is 236 Å². The van der Waals surface area contributed by atoms with Crippen LogP contribution in [0.2, 0.25) is 5.02 Å². The highest BCUT2D eigenvalue weighted by Gasteiger charge is 2.33. The van der Waals surface area contributed by atoms with E-state index < -0.39 is 28.5 Å². The fourth-order valence-corrected chi connectivity index (χ4v) is 5.26. The molecular formula is C30H36ClN3O4S. The number of unbranched alkanes of at least 4 members (excludes halogenated alkanes) is 1. The SMILES string of the molecule is CCCCNC(=O)C(Cc1ccccc1)N(Cc1cccc(C)c1)C(=O)CN(c1ccc(Cl)cc1)S(C)(=O)=O. The first-order valence-electron chi connectivity index (χ1n) is 13.0. The smallest absolute Gasteiger partial charge is 0.244 e. The van der Waals surface area contributed by atoms with Crippen LogP contribution in [0.1, 0.15) is 36.5 Å². The van der Waals surface area contributed by atoms with E-state index in [1.807, 2.05) is 68.4 Å². The van der Waals surface area contributed by atoms with E-state index in [2.05, 4.69) is 5.32 Å². The summed E-state index contributed by atoms with van der Waals surface area (Å²) in [4.78, 5) is 29.1. The summed E-state index contributed by atoms with van der Waals surface area (Å²) in [6.45, 7) is 4.18. The maximum absolute atomic E-state index is 14.0. The molecule has 1 atom stereocenters. The number of halogens is 1. The van der Waals surface area contributed by atoms with Crippen molar-refractivity contribution in [2.45, 2.75) is 45.7 Å². The Morgan fingerprint density at radius 3 is 2.23 bits per heavy atom. The van der Waals surface area contributed by atoms with Crippen molar-refractivity contribution in [1.82, 2.24) is 10.2 Å². The Balaban J connectivity index is 2.02. The van der Waals surface area contributed by atoms with Crippen LogP contribution >= 0.6 is 11.6 Å². The van der Waals surface area contributed by atoms with Gasteiger partial charge in [-0.25, -0.2) is 8.42 Å². The molecule has 0 fully saturated rings. The number of amides is 2. The molecule has 0 heterocycles. The molecule has 3 aromatic carbocycles. The van der Waals surface area contributed by atoms with Gasteiger partial charge in [0.05, 0.1) is 11.9 Å². The first-order valence-corrected chi connectivity index (χ1v) is 15.2. The number of benzene rings is 3. The lowest BCUT2D eigenvalue weighted by molar-refractivity contribution is -0.140. The van der Waals surface area contributed by atoms with E-state index in [9.17, 15) is 18.0 Å². The molecule has 0 saturated carbocycles. The van der Waals surface area contributed by atoms with Crippen molar-refractivity contribution < 1.29 is 18.0 Å². The van der Waals surface area contributed by atoms with Gasteiger partial charge in [-0.05, 0) is 48.7 Å². The van der Waals surface area contributed by atoms with E-state index in [4.69, 9.17) is 11.6 Å². The van der Waals surface area contributed by atoms with Crippen LogP contribution in [0.5, 0.6) is 0 Å². The summed E-state index contributed by atoms with van der Waals surface area (Å²) >= 11 is 6.01. The lowest BCUT2D eigenvalue weighted by atomic mass is 10.0. The van der Waals surface area contributed by atoms with Gasteiger partial charge in [-0.1, -0.05) is 85.1 Å². The van der Waals surface area contributed by atoms with Crippen molar-refractivity contribution in [2.24, 2.45) is 0 Å². The molecule has 7 nitrogen and oxygen atoms in total. The summed E-state index contributed by atoms with van der Waals surface area (Å²) in [6, 6.07) is 22.6. The van der Waals surface area contributed by atoms with E-state index in [0.717, 1.165) is 40.1 Å². The van der Waals surface area contributed by atoms with E-state index in [1.165, 1.54) is 4.90 Å². The van der Waals surface area contributed by atoms with E-state index >= 15 is 0 Å². The number of anilines is 1. The summed E-state index contributed by atoms with van der Waals surface area (Å²) in [5.41, 5.74) is 3.08. The van der Waals surface area contributed by atoms with Gasteiger partial charge in [0.15, 0.2) is 0 Å². The molecule has 2 amide bonds. The average Bonchev–Trinajstić information content (AvgIpc) is 2.90. The van der Waals surface area contributed by atoms with Gasteiger partial charge in [0.2, 0.25) is 21.8 Å². The van der Waals surface area contributed by atoms with Crippen LogP contribution in [0.3, 0.4) is 0 Å². The number of nitrogens with zero attached hydrogens (tertiary/aromatic N) is 2. The Morgan fingerprint density at radius 1 is 0.949 bits per heavy atom. The number of carbonyl (C=O) groups is 2. The highest BCUT2D eigenvalue weighted by atomic mass is 35.5. The number of hydrogen-bond donors (Lipinski definition) is 1. The van der Waals surface area contributed by atoms with Crippen LogP contribution in [-0.4, -0.2) is 50.5 Å². The quantitative estimate of drug-likeness (QED) is 0.294. The van der Waals surface area contributed by atoms with Gasteiger partial charge in [-0.15, -0.1) is 0 Å². The molecule has 0 aliphatic carbocycles. The average molecular weight is 570 g/mol. The Morgan fingerprint density at radius 2 is 1.62 bits per heavy atom. The third-order valence-corrected chi connectivity index (χ3v) is 7.72. The van der Waals surface area contributed by atoms with Crippen LogP contribution < -0.4 is 9.62 Å². The highest BCUT2D eigenvalue weighted by molar-refractivity contribution is 7.92. The first-order chi connectivity index (χ1) is 18.6. The lowest BCUT2D eigenvalue weighted by Gasteiger charge is -2.33. The molecule has 1 unspecified atom stereocenters. The summed E-state index contributed by atoms with van der Waals surface area (Å²) in [5, 5.41) is 3.43. The second-order valence-electron chi connectivity index (χ2n) is 9.61. The number of sulfonamides is 1. The zero-order chi connectivity index (χ0) is 28.4. The Bertz CT molecular complexity index is 1350. The minimum Gasteiger partial charge on any atom is -0.354 e. The predicted octanol–water partition coefficient (Wildman–Crippen LogP) is 4.97. The molecule has 0 saturated heterocycles. The van der Waals surface area contributed by atoms with Crippen molar-refractivity contribution in [3.8, 4) is 0 Å². The van der Waals surface area contributed by atoms with Crippen LogP contribution in [0.4, 0.5) is 5.69 Å². The molecule has 0 radical (unpaired) electrons. The van der Waals surface area contributed by atoms with Gasteiger partial charge in [0.1, 0.15) is 12.6 Å². The zero-order valence-electron chi connectivity index (χ0n) is 22.6. The van der Waals surface area contributed by atoms with Gasteiger partial charge < -0.3 is 10.2 Å². The van der Waals surface area contributed by atoms with Crippen LogP contribution in [0, 0.1) is 6.92 Å². The molecule has 208 valence electrons. The van der Waals surface area contributed by atoms with E-state index in [-0.39, 0.29) is 18.9 Å². The summed E-state index contributed by atoms with van der Waals surface area (Å²) in [7, 11) is -3.82. The number of rotatable bonds is 13. The molecule has 0 aromatic heterocycles. The Hall–Kier alpha value is -3.36.